The molecule has 0 unspecified atom stereocenters. The Morgan fingerprint density at radius 2 is 1.88 bits per heavy atom. The number of benzene rings is 1. The van der Waals surface area contributed by atoms with Crippen molar-refractivity contribution in [3.63, 3.8) is 0 Å². The highest BCUT2D eigenvalue weighted by Crippen LogP contribution is 2.39. The second-order valence-corrected chi connectivity index (χ2v) is 10.8. The summed E-state index contributed by atoms with van der Waals surface area (Å²) in [6, 6.07) is 9.83. The van der Waals surface area contributed by atoms with Crippen molar-refractivity contribution in [2.45, 2.75) is 76.0 Å². The van der Waals surface area contributed by atoms with Gasteiger partial charge in [0.1, 0.15) is 5.82 Å². The van der Waals surface area contributed by atoms with Crippen LogP contribution in [-0.2, 0) is 4.79 Å². The van der Waals surface area contributed by atoms with Gasteiger partial charge in [0.15, 0.2) is 5.16 Å². The molecular weight excluding hydrogens is 446 g/mol. The van der Waals surface area contributed by atoms with Crippen molar-refractivity contribution in [2.24, 2.45) is 11.8 Å². The molecule has 2 heterocycles. The zero-order chi connectivity index (χ0) is 23.7. The maximum absolute atomic E-state index is 13.6. The van der Waals surface area contributed by atoms with E-state index in [4.69, 9.17) is 4.98 Å². The van der Waals surface area contributed by atoms with Crippen LogP contribution in [0.25, 0.3) is 10.9 Å². The summed E-state index contributed by atoms with van der Waals surface area (Å²) < 4.78 is 3.83. The molecule has 2 fully saturated rings. The molecule has 2 saturated carbocycles. The average molecular weight is 480 g/mol. The molecule has 1 amide bonds. The van der Waals surface area contributed by atoms with E-state index in [2.05, 4.69) is 24.3 Å². The standard InChI is InChI=1S/C26H33N5O2S/c1-17-8-7-13-22(18(17)2)30-25(33)20-11-5-6-12-21(20)28-26(30)34-16-24(32)29-23-14-15-27-31(23)19-9-3-4-10-19/h5-6,11-12,14-15,17-19,22H,3-4,7-10,13,16H2,1-2H3,(H,29,32)/t17-,18+,22+/m1/s1. The van der Waals surface area contributed by atoms with Crippen molar-refractivity contribution in [1.29, 1.82) is 0 Å². The summed E-state index contributed by atoms with van der Waals surface area (Å²) in [5.41, 5.74) is 0.682. The lowest BCUT2D eigenvalue weighted by Gasteiger charge is -2.36. The number of para-hydroxylation sites is 1. The van der Waals surface area contributed by atoms with Crippen molar-refractivity contribution in [1.82, 2.24) is 19.3 Å². The van der Waals surface area contributed by atoms with Crippen LogP contribution in [0.2, 0.25) is 0 Å². The number of rotatable bonds is 6. The minimum atomic E-state index is -0.108. The van der Waals surface area contributed by atoms with Gasteiger partial charge in [0.05, 0.1) is 28.9 Å². The van der Waals surface area contributed by atoms with Crippen molar-refractivity contribution in [2.75, 3.05) is 11.1 Å². The van der Waals surface area contributed by atoms with E-state index in [1.807, 2.05) is 39.6 Å². The maximum Gasteiger partial charge on any atom is 0.262 e. The first-order chi connectivity index (χ1) is 16.5. The van der Waals surface area contributed by atoms with Crippen molar-refractivity contribution in [3.05, 3.63) is 46.9 Å². The highest BCUT2D eigenvalue weighted by Gasteiger charge is 2.31. The predicted molar refractivity (Wildman–Crippen MR) is 136 cm³/mol. The third-order valence-electron chi connectivity index (χ3n) is 7.71. The summed E-state index contributed by atoms with van der Waals surface area (Å²) in [6.45, 7) is 4.51. The van der Waals surface area contributed by atoms with Crippen LogP contribution < -0.4 is 10.9 Å². The fraction of sp³-hybridized carbons (Fsp3) is 0.538. The molecule has 180 valence electrons. The lowest BCUT2D eigenvalue weighted by Crippen LogP contribution is -2.35. The van der Waals surface area contributed by atoms with Crippen molar-refractivity contribution in [3.8, 4) is 0 Å². The molecular formula is C26H33N5O2S. The number of nitrogens with one attached hydrogen (secondary N) is 1. The summed E-state index contributed by atoms with van der Waals surface area (Å²) in [5, 5.41) is 8.75. The monoisotopic (exact) mass is 479 g/mol. The minimum absolute atomic E-state index is 0.00114. The average Bonchev–Trinajstić information content (AvgIpc) is 3.52. The first-order valence-corrected chi connectivity index (χ1v) is 13.5. The van der Waals surface area contributed by atoms with E-state index in [9.17, 15) is 9.59 Å². The topological polar surface area (TPSA) is 81.8 Å². The summed E-state index contributed by atoms with van der Waals surface area (Å²) in [4.78, 5) is 31.4. The Hall–Kier alpha value is -2.61. The predicted octanol–water partition coefficient (Wildman–Crippen LogP) is 5.44. The number of carbonyl (C=O) groups excluding carboxylic acids is 1. The molecule has 34 heavy (non-hydrogen) atoms. The van der Waals surface area contributed by atoms with Gasteiger partial charge in [-0.25, -0.2) is 9.67 Å². The van der Waals surface area contributed by atoms with Gasteiger partial charge in [-0.15, -0.1) is 0 Å². The largest absolute Gasteiger partial charge is 0.310 e. The van der Waals surface area contributed by atoms with E-state index in [1.54, 1.807) is 6.20 Å². The molecule has 1 N–H and O–H groups in total. The number of thioether (sulfide) groups is 1. The zero-order valence-corrected chi connectivity index (χ0v) is 20.8. The Labute approximate surface area is 204 Å². The van der Waals surface area contributed by atoms with Crippen LogP contribution in [0.15, 0.2) is 46.5 Å². The van der Waals surface area contributed by atoms with Gasteiger partial charge in [-0.3, -0.25) is 14.2 Å². The van der Waals surface area contributed by atoms with Gasteiger partial charge in [-0.05, 0) is 43.2 Å². The van der Waals surface area contributed by atoms with E-state index >= 15 is 0 Å². The summed E-state index contributed by atoms with van der Waals surface area (Å²) in [6.07, 6.45) is 9.61. The molecule has 3 aromatic rings. The minimum Gasteiger partial charge on any atom is -0.310 e. The number of amides is 1. The lowest BCUT2D eigenvalue weighted by atomic mass is 9.78. The highest BCUT2D eigenvalue weighted by molar-refractivity contribution is 7.99. The van der Waals surface area contributed by atoms with Gasteiger partial charge >= 0.3 is 0 Å². The van der Waals surface area contributed by atoms with Gasteiger partial charge < -0.3 is 5.32 Å². The van der Waals surface area contributed by atoms with Crippen LogP contribution in [0.1, 0.15) is 70.9 Å². The first kappa shape index (κ1) is 23.1. The fourth-order valence-corrected chi connectivity index (χ4v) is 6.45. The fourth-order valence-electron chi connectivity index (χ4n) is 5.60. The Kier molecular flexibility index (Phi) is 6.77. The van der Waals surface area contributed by atoms with Gasteiger partial charge in [0.2, 0.25) is 5.91 Å². The molecule has 0 aliphatic heterocycles. The van der Waals surface area contributed by atoms with Crippen molar-refractivity contribution < 1.29 is 4.79 Å². The molecule has 0 radical (unpaired) electrons. The Balaban J connectivity index is 1.39. The van der Waals surface area contributed by atoms with E-state index in [0.29, 0.717) is 33.9 Å². The smallest absolute Gasteiger partial charge is 0.262 e. The first-order valence-electron chi connectivity index (χ1n) is 12.5. The lowest BCUT2D eigenvalue weighted by molar-refractivity contribution is -0.113. The van der Waals surface area contributed by atoms with Crippen LogP contribution in [-0.4, -0.2) is 31.0 Å². The highest BCUT2D eigenvalue weighted by atomic mass is 32.2. The molecule has 8 heteroatoms. The normalized spacial score (nSPS) is 23.4. The summed E-state index contributed by atoms with van der Waals surface area (Å²) >= 11 is 1.35. The van der Waals surface area contributed by atoms with Gasteiger partial charge in [0.25, 0.3) is 5.56 Å². The van der Waals surface area contributed by atoms with Crippen LogP contribution in [0.3, 0.4) is 0 Å². The number of hydrogen-bond acceptors (Lipinski definition) is 5. The number of hydrogen-bond donors (Lipinski definition) is 1. The molecule has 2 aliphatic carbocycles. The molecule has 3 atom stereocenters. The number of anilines is 1. The molecule has 2 aliphatic rings. The number of fused-ring (bicyclic) bond motifs is 1. The molecule has 5 rings (SSSR count). The van der Waals surface area contributed by atoms with E-state index < -0.39 is 0 Å². The zero-order valence-electron chi connectivity index (χ0n) is 19.9. The Bertz CT molecular complexity index is 1230. The second kappa shape index (κ2) is 9.94. The van der Waals surface area contributed by atoms with E-state index in [0.717, 1.165) is 31.5 Å². The molecule has 2 aromatic heterocycles. The summed E-state index contributed by atoms with van der Waals surface area (Å²) in [5.74, 6) is 1.76. The third kappa shape index (κ3) is 4.52. The molecule has 1 aromatic carbocycles. The number of nitrogens with zero attached hydrogens (tertiary/aromatic N) is 4. The number of carbonyl (C=O) groups is 1. The molecule has 7 nitrogen and oxygen atoms in total. The molecule has 0 bridgehead atoms. The quantitative estimate of drug-likeness (QED) is 0.376. The van der Waals surface area contributed by atoms with Gasteiger partial charge in [0, 0.05) is 12.1 Å². The van der Waals surface area contributed by atoms with Crippen molar-refractivity contribution >= 4 is 34.4 Å². The molecule has 0 spiro atoms. The Morgan fingerprint density at radius 1 is 1.09 bits per heavy atom. The third-order valence-corrected chi connectivity index (χ3v) is 8.66. The van der Waals surface area contributed by atoms with Crippen LogP contribution in [0.5, 0.6) is 0 Å². The van der Waals surface area contributed by atoms with Crippen LogP contribution >= 0.6 is 11.8 Å². The van der Waals surface area contributed by atoms with Crippen LogP contribution in [0.4, 0.5) is 5.82 Å². The SMILES string of the molecule is C[C@H]1[C@H](C)CCC[C@@H]1n1c(SCC(=O)Nc2ccnn2C2CCCC2)nc2ccccc2c1=O. The molecule has 0 saturated heterocycles. The van der Waals surface area contributed by atoms with Gasteiger partial charge in [-0.1, -0.05) is 63.4 Å². The van der Waals surface area contributed by atoms with Crippen LogP contribution in [0, 0.1) is 11.8 Å². The Morgan fingerprint density at radius 3 is 2.71 bits per heavy atom. The van der Waals surface area contributed by atoms with Gasteiger partial charge in [-0.2, -0.15) is 5.10 Å². The maximum atomic E-state index is 13.6. The second-order valence-electron chi connectivity index (χ2n) is 9.86. The van der Waals surface area contributed by atoms with E-state index in [-0.39, 0.29) is 23.3 Å². The summed E-state index contributed by atoms with van der Waals surface area (Å²) in [7, 11) is 0. The number of aromatic nitrogens is 4. The van der Waals surface area contributed by atoms with E-state index in [1.165, 1.54) is 31.0 Å².